The molecule has 4 rings (SSSR count). The number of ether oxygens (including phenoxy) is 1. The molecule has 4 N–H and O–H groups in total. The van der Waals surface area contributed by atoms with Crippen molar-refractivity contribution < 1.29 is 14.3 Å². The van der Waals surface area contributed by atoms with Crippen molar-refractivity contribution >= 4 is 28.9 Å². The topological polar surface area (TPSA) is 96.7 Å². The van der Waals surface area contributed by atoms with Crippen LogP contribution < -0.4 is 26.0 Å². The first-order valence-electron chi connectivity index (χ1n) is 11.9. The van der Waals surface area contributed by atoms with Crippen molar-refractivity contribution in [3.8, 4) is 5.75 Å². The molecule has 0 unspecified atom stereocenters. The van der Waals surface area contributed by atoms with E-state index in [2.05, 4.69) is 10.6 Å². The summed E-state index contributed by atoms with van der Waals surface area (Å²) in [6.07, 6.45) is 0. The Morgan fingerprint density at radius 1 is 0.811 bits per heavy atom. The molecule has 37 heavy (non-hydrogen) atoms. The molecule has 4 aromatic rings. The second-order valence-electron chi connectivity index (χ2n) is 8.70. The molecule has 0 aliphatic rings. The van der Waals surface area contributed by atoms with Crippen LogP contribution in [0.5, 0.6) is 5.75 Å². The van der Waals surface area contributed by atoms with Crippen molar-refractivity contribution in [1.29, 1.82) is 0 Å². The van der Waals surface area contributed by atoms with Gasteiger partial charge in [-0.3, -0.25) is 9.59 Å². The number of nitrogens with two attached hydrogens (primary N) is 1. The summed E-state index contributed by atoms with van der Waals surface area (Å²) in [6, 6.07) is 29.4. The Morgan fingerprint density at radius 3 is 2.32 bits per heavy atom. The van der Waals surface area contributed by atoms with Gasteiger partial charge in [-0.15, -0.1) is 0 Å². The van der Waals surface area contributed by atoms with Gasteiger partial charge in [0.15, 0.2) is 0 Å². The van der Waals surface area contributed by atoms with Crippen LogP contribution in [-0.4, -0.2) is 25.9 Å². The van der Waals surface area contributed by atoms with Crippen LogP contribution in [-0.2, 0) is 13.2 Å². The summed E-state index contributed by atoms with van der Waals surface area (Å²) < 4.78 is 5.94. The lowest BCUT2D eigenvalue weighted by Gasteiger charge is -2.16. The molecular weight excluding hydrogens is 464 g/mol. The lowest BCUT2D eigenvalue weighted by Crippen LogP contribution is -2.17. The van der Waals surface area contributed by atoms with Crippen molar-refractivity contribution in [3.63, 3.8) is 0 Å². The summed E-state index contributed by atoms with van der Waals surface area (Å²) in [6.45, 7) is 0.566. The molecule has 0 aliphatic heterocycles. The van der Waals surface area contributed by atoms with E-state index >= 15 is 0 Å². The number of nitrogens with zero attached hydrogens (tertiary/aromatic N) is 1. The maximum atomic E-state index is 13.2. The lowest BCUT2D eigenvalue weighted by molar-refractivity contribution is 0.101. The van der Waals surface area contributed by atoms with Gasteiger partial charge in [0, 0.05) is 43.3 Å². The molecule has 0 bridgehead atoms. The Bertz CT molecular complexity index is 1390. The van der Waals surface area contributed by atoms with Gasteiger partial charge in [-0.1, -0.05) is 54.6 Å². The van der Waals surface area contributed by atoms with E-state index in [0.29, 0.717) is 34.9 Å². The molecule has 0 aliphatic carbocycles. The molecule has 0 saturated heterocycles. The van der Waals surface area contributed by atoms with Gasteiger partial charge < -0.3 is 26.0 Å². The Balaban J connectivity index is 1.51. The van der Waals surface area contributed by atoms with Crippen LogP contribution in [0.1, 0.15) is 31.8 Å². The third-order valence-electron chi connectivity index (χ3n) is 5.83. The predicted molar refractivity (Wildman–Crippen MR) is 148 cm³/mol. The van der Waals surface area contributed by atoms with Gasteiger partial charge in [0.05, 0.1) is 5.56 Å². The van der Waals surface area contributed by atoms with Gasteiger partial charge >= 0.3 is 0 Å². The minimum absolute atomic E-state index is 0.223. The maximum Gasteiger partial charge on any atom is 0.259 e. The van der Waals surface area contributed by atoms with Crippen molar-refractivity contribution in [2.75, 3.05) is 29.6 Å². The highest BCUT2D eigenvalue weighted by Crippen LogP contribution is 2.25. The van der Waals surface area contributed by atoms with Gasteiger partial charge in [-0.05, 0) is 53.6 Å². The molecule has 0 atom stereocenters. The van der Waals surface area contributed by atoms with E-state index < -0.39 is 0 Å². The average molecular weight is 495 g/mol. The summed E-state index contributed by atoms with van der Waals surface area (Å²) in [7, 11) is 3.84. The van der Waals surface area contributed by atoms with Crippen LogP contribution in [0.25, 0.3) is 0 Å². The molecule has 0 spiro atoms. The molecule has 0 saturated carbocycles. The molecule has 7 heteroatoms. The molecule has 188 valence electrons. The predicted octanol–water partition coefficient (Wildman–Crippen LogP) is 5.29. The molecule has 2 amide bonds. The number of amides is 2. The molecular formula is C30H30N4O3. The van der Waals surface area contributed by atoms with E-state index in [1.807, 2.05) is 73.6 Å². The monoisotopic (exact) mass is 494 g/mol. The highest BCUT2D eigenvalue weighted by molar-refractivity contribution is 6.08. The largest absolute Gasteiger partial charge is 0.488 e. The molecule has 0 heterocycles. The van der Waals surface area contributed by atoms with Gasteiger partial charge in [0.1, 0.15) is 12.4 Å². The van der Waals surface area contributed by atoms with Gasteiger partial charge in [0.25, 0.3) is 11.8 Å². The smallest absolute Gasteiger partial charge is 0.259 e. The molecule has 4 aromatic carbocycles. The SMILES string of the molecule is CN(C)c1cccc(C(=O)Nc2ccc(CN)c(NC(=O)c3ccccc3OCc3ccccc3)c2)c1. The average Bonchev–Trinajstić information content (AvgIpc) is 2.93. The summed E-state index contributed by atoms with van der Waals surface area (Å²) in [5, 5.41) is 5.84. The first-order valence-corrected chi connectivity index (χ1v) is 11.9. The van der Waals surface area contributed by atoms with Crippen LogP contribution >= 0.6 is 0 Å². The van der Waals surface area contributed by atoms with E-state index in [9.17, 15) is 9.59 Å². The van der Waals surface area contributed by atoms with Crippen LogP contribution in [0.3, 0.4) is 0 Å². The van der Waals surface area contributed by atoms with Crippen molar-refractivity contribution in [2.45, 2.75) is 13.2 Å². The van der Waals surface area contributed by atoms with E-state index in [1.165, 1.54) is 0 Å². The third-order valence-corrected chi connectivity index (χ3v) is 5.83. The zero-order valence-corrected chi connectivity index (χ0v) is 20.9. The summed E-state index contributed by atoms with van der Waals surface area (Å²) in [4.78, 5) is 28.1. The number of para-hydroxylation sites is 1. The van der Waals surface area contributed by atoms with E-state index in [-0.39, 0.29) is 18.4 Å². The van der Waals surface area contributed by atoms with Gasteiger partial charge in [-0.25, -0.2) is 0 Å². The van der Waals surface area contributed by atoms with Crippen molar-refractivity contribution in [2.24, 2.45) is 5.73 Å². The fraction of sp³-hybridized carbons (Fsp3) is 0.133. The minimum atomic E-state index is -0.333. The molecule has 0 radical (unpaired) electrons. The number of nitrogens with one attached hydrogen (secondary N) is 2. The van der Waals surface area contributed by atoms with Crippen LogP contribution in [0.15, 0.2) is 97.1 Å². The highest BCUT2D eigenvalue weighted by Gasteiger charge is 2.15. The molecule has 7 nitrogen and oxygen atoms in total. The number of hydrogen-bond acceptors (Lipinski definition) is 5. The Hall–Kier alpha value is -4.62. The third kappa shape index (κ3) is 6.54. The Kier molecular flexibility index (Phi) is 8.18. The second kappa shape index (κ2) is 11.9. The first kappa shape index (κ1) is 25.5. The Morgan fingerprint density at radius 2 is 1.57 bits per heavy atom. The van der Waals surface area contributed by atoms with Crippen LogP contribution in [0.2, 0.25) is 0 Å². The zero-order chi connectivity index (χ0) is 26.2. The molecule has 0 fully saturated rings. The number of benzene rings is 4. The summed E-state index contributed by atoms with van der Waals surface area (Å²) in [5.74, 6) is -0.106. The number of hydrogen-bond donors (Lipinski definition) is 3. The second-order valence-corrected chi connectivity index (χ2v) is 8.70. The summed E-state index contributed by atoms with van der Waals surface area (Å²) in [5.41, 5.74) is 10.6. The minimum Gasteiger partial charge on any atom is -0.488 e. The normalized spacial score (nSPS) is 10.5. The first-order chi connectivity index (χ1) is 17.9. The fourth-order valence-electron chi connectivity index (χ4n) is 3.78. The standard InChI is InChI=1S/C30H30N4O3/c1-34(2)25-12-8-11-22(17-25)29(35)32-24-16-15-23(19-31)27(18-24)33-30(36)26-13-6-7-14-28(26)37-20-21-9-4-3-5-10-21/h3-18H,19-20,31H2,1-2H3,(H,32,35)(H,33,36). The molecule has 0 aromatic heterocycles. The quantitative estimate of drug-likeness (QED) is 0.294. The number of carbonyl (C=O) groups is 2. The maximum absolute atomic E-state index is 13.2. The van der Waals surface area contributed by atoms with Crippen molar-refractivity contribution in [3.05, 3.63) is 119 Å². The fourth-order valence-corrected chi connectivity index (χ4v) is 3.78. The number of carbonyl (C=O) groups excluding carboxylic acids is 2. The number of rotatable bonds is 9. The van der Waals surface area contributed by atoms with Gasteiger partial charge in [0.2, 0.25) is 0 Å². The summed E-state index contributed by atoms with van der Waals surface area (Å²) >= 11 is 0. The zero-order valence-electron chi connectivity index (χ0n) is 20.9. The van der Waals surface area contributed by atoms with E-state index in [4.69, 9.17) is 10.5 Å². The highest BCUT2D eigenvalue weighted by atomic mass is 16.5. The van der Waals surface area contributed by atoms with E-state index in [1.54, 1.807) is 42.5 Å². The lowest BCUT2D eigenvalue weighted by atomic mass is 10.1. The van der Waals surface area contributed by atoms with Crippen molar-refractivity contribution in [1.82, 2.24) is 0 Å². The van der Waals surface area contributed by atoms with E-state index in [0.717, 1.165) is 16.8 Å². The van der Waals surface area contributed by atoms with Gasteiger partial charge in [-0.2, -0.15) is 0 Å². The van der Waals surface area contributed by atoms with Crippen LogP contribution in [0, 0.1) is 0 Å². The van der Waals surface area contributed by atoms with Crippen LogP contribution in [0.4, 0.5) is 17.1 Å². The Labute approximate surface area is 216 Å². The number of anilines is 3.